The van der Waals surface area contributed by atoms with Gasteiger partial charge in [0.05, 0.1) is 5.69 Å². The van der Waals surface area contributed by atoms with Crippen molar-refractivity contribution in [3.63, 3.8) is 0 Å². The molecule has 2 heterocycles. The number of aromatic nitrogens is 2. The van der Waals surface area contributed by atoms with Gasteiger partial charge in [-0.25, -0.2) is 8.78 Å². The predicted molar refractivity (Wildman–Crippen MR) is 132 cm³/mol. The van der Waals surface area contributed by atoms with Crippen LogP contribution in [0.3, 0.4) is 0 Å². The van der Waals surface area contributed by atoms with Gasteiger partial charge in [0.25, 0.3) is 11.8 Å². The summed E-state index contributed by atoms with van der Waals surface area (Å²) >= 11 is 1.23. The van der Waals surface area contributed by atoms with Gasteiger partial charge in [0, 0.05) is 22.4 Å². The lowest BCUT2D eigenvalue weighted by Crippen LogP contribution is -2.39. The van der Waals surface area contributed by atoms with Crippen molar-refractivity contribution in [3.8, 4) is 0 Å². The minimum absolute atomic E-state index is 0.267. The summed E-state index contributed by atoms with van der Waals surface area (Å²) in [5.41, 5.74) is 1.04. The van der Waals surface area contributed by atoms with Crippen molar-refractivity contribution in [2.75, 3.05) is 5.32 Å². The Morgan fingerprint density at radius 2 is 1.69 bits per heavy atom. The van der Waals surface area contributed by atoms with Gasteiger partial charge in [-0.2, -0.15) is 5.10 Å². The molecule has 10 heteroatoms. The number of benzene rings is 2. The van der Waals surface area contributed by atoms with E-state index in [1.807, 2.05) is 44.2 Å². The second kappa shape index (κ2) is 10.4. The first kappa shape index (κ1) is 25.2. The maximum absolute atomic E-state index is 13.5. The molecule has 2 amide bonds. The molecule has 1 unspecified atom stereocenters. The standard InChI is InChI=1S/C26H24F2N4O3S/c1-26(2,16-7-4-3-5-8-16)20-14-21(32-31-20)29-24(34)22(19-9-6-10-36-19)30-25(35)23(33)15-11-17(27)13-18(28)12-15/h3-14,22-23,33H,1-2H3,(H,30,35)(H2,29,31,32,34)/t22?,23-/m0/s1. The number of nitrogens with one attached hydrogen (secondary N) is 3. The van der Waals surface area contributed by atoms with Crippen LogP contribution in [-0.2, 0) is 15.0 Å². The molecule has 0 aliphatic carbocycles. The molecule has 4 aromatic rings. The number of rotatable bonds is 8. The van der Waals surface area contributed by atoms with Crippen molar-refractivity contribution in [3.05, 3.63) is 105 Å². The van der Waals surface area contributed by atoms with Crippen LogP contribution in [0.1, 0.15) is 47.7 Å². The molecular formula is C26H24F2N4O3S. The van der Waals surface area contributed by atoms with Gasteiger partial charge in [0.1, 0.15) is 23.5 Å². The monoisotopic (exact) mass is 510 g/mol. The van der Waals surface area contributed by atoms with Crippen LogP contribution in [0.25, 0.3) is 0 Å². The van der Waals surface area contributed by atoms with Crippen LogP contribution in [-0.4, -0.2) is 27.1 Å². The minimum atomic E-state index is -1.88. The number of nitrogens with zero attached hydrogens (tertiary/aromatic N) is 1. The Bertz CT molecular complexity index is 1340. The van der Waals surface area contributed by atoms with Crippen molar-refractivity contribution in [1.29, 1.82) is 0 Å². The summed E-state index contributed by atoms with van der Waals surface area (Å²) in [6, 6.07) is 16.0. The second-order valence-corrected chi connectivity index (χ2v) is 9.69. The summed E-state index contributed by atoms with van der Waals surface area (Å²) in [5, 5.41) is 24.4. The van der Waals surface area contributed by atoms with Crippen molar-refractivity contribution >= 4 is 29.0 Å². The zero-order valence-electron chi connectivity index (χ0n) is 19.5. The Balaban J connectivity index is 1.52. The number of H-pyrrole nitrogens is 1. The number of aliphatic hydroxyl groups is 1. The topological polar surface area (TPSA) is 107 Å². The molecule has 0 spiro atoms. The number of thiophene rings is 1. The minimum Gasteiger partial charge on any atom is -0.378 e. The molecule has 0 bridgehead atoms. The van der Waals surface area contributed by atoms with Crippen molar-refractivity contribution < 1.29 is 23.5 Å². The first-order valence-corrected chi connectivity index (χ1v) is 11.9. The lowest BCUT2D eigenvalue weighted by Gasteiger charge is -2.22. The lowest BCUT2D eigenvalue weighted by molar-refractivity contribution is -0.133. The van der Waals surface area contributed by atoms with Crippen LogP contribution >= 0.6 is 11.3 Å². The quantitative estimate of drug-likeness (QED) is 0.278. The third kappa shape index (κ3) is 5.50. The molecule has 2 atom stereocenters. The van der Waals surface area contributed by atoms with Gasteiger partial charge >= 0.3 is 0 Å². The van der Waals surface area contributed by atoms with E-state index in [-0.39, 0.29) is 5.56 Å². The van der Waals surface area contributed by atoms with Gasteiger partial charge in [0.15, 0.2) is 6.10 Å². The van der Waals surface area contributed by atoms with E-state index in [0.717, 1.165) is 17.7 Å². The first-order valence-electron chi connectivity index (χ1n) is 11.1. The highest BCUT2D eigenvalue weighted by molar-refractivity contribution is 7.10. The van der Waals surface area contributed by atoms with Crippen LogP contribution in [0.5, 0.6) is 0 Å². The molecule has 186 valence electrons. The van der Waals surface area contributed by atoms with Crippen molar-refractivity contribution in [2.45, 2.75) is 31.4 Å². The summed E-state index contributed by atoms with van der Waals surface area (Å²) in [7, 11) is 0. The van der Waals surface area contributed by atoms with Gasteiger partial charge in [-0.05, 0) is 34.7 Å². The van der Waals surface area contributed by atoms with Gasteiger partial charge in [-0.3, -0.25) is 14.7 Å². The molecule has 4 rings (SSSR count). The van der Waals surface area contributed by atoms with Crippen molar-refractivity contribution in [1.82, 2.24) is 15.5 Å². The Morgan fingerprint density at radius 3 is 2.33 bits per heavy atom. The molecule has 0 saturated carbocycles. The van der Waals surface area contributed by atoms with Gasteiger partial charge < -0.3 is 15.7 Å². The van der Waals surface area contributed by atoms with E-state index in [9.17, 15) is 23.5 Å². The fraction of sp³-hybridized carbons (Fsp3) is 0.192. The highest BCUT2D eigenvalue weighted by atomic mass is 32.1. The number of aromatic amines is 1. The van der Waals surface area contributed by atoms with Gasteiger partial charge in [-0.1, -0.05) is 50.2 Å². The summed E-state index contributed by atoms with van der Waals surface area (Å²) in [5.74, 6) is -3.11. The molecule has 0 aliphatic heterocycles. The number of carbonyl (C=O) groups excluding carboxylic acids is 2. The highest BCUT2D eigenvalue weighted by Gasteiger charge is 2.30. The van der Waals surface area contributed by atoms with Crippen LogP contribution < -0.4 is 10.6 Å². The smallest absolute Gasteiger partial charge is 0.254 e. The Hall–Kier alpha value is -3.89. The number of hydrogen-bond donors (Lipinski definition) is 4. The lowest BCUT2D eigenvalue weighted by atomic mass is 9.82. The summed E-state index contributed by atoms with van der Waals surface area (Å²) in [4.78, 5) is 26.4. The molecular weight excluding hydrogens is 486 g/mol. The zero-order chi connectivity index (χ0) is 25.9. The van der Waals surface area contributed by atoms with Crippen LogP contribution in [0.15, 0.2) is 72.1 Å². The van der Waals surface area contributed by atoms with E-state index in [2.05, 4.69) is 20.8 Å². The largest absolute Gasteiger partial charge is 0.378 e. The average Bonchev–Trinajstić information content (AvgIpc) is 3.54. The Labute approximate surface area is 210 Å². The van der Waals surface area contributed by atoms with Crippen LogP contribution in [0.2, 0.25) is 0 Å². The van der Waals surface area contributed by atoms with Gasteiger partial charge in [-0.15, -0.1) is 11.3 Å². The molecule has 0 fully saturated rings. The molecule has 0 aliphatic rings. The number of hydrogen-bond acceptors (Lipinski definition) is 5. The summed E-state index contributed by atoms with van der Waals surface area (Å²) in [6.45, 7) is 4.02. The third-order valence-corrected chi connectivity index (χ3v) is 6.73. The van der Waals surface area contributed by atoms with Crippen LogP contribution in [0.4, 0.5) is 14.6 Å². The Kier molecular flexibility index (Phi) is 7.27. The number of halogens is 2. The molecule has 4 N–H and O–H groups in total. The number of amides is 2. The number of anilines is 1. The molecule has 36 heavy (non-hydrogen) atoms. The van der Waals surface area contributed by atoms with E-state index in [4.69, 9.17) is 0 Å². The van der Waals surface area contributed by atoms with Gasteiger partial charge in [0.2, 0.25) is 0 Å². The van der Waals surface area contributed by atoms with E-state index in [1.54, 1.807) is 23.6 Å². The average molecular weight is 511 g/mol. The van der Waals surface area contributed by atoms with E-state index in [0.29, 0.717) is 22.5 Å². The number of aliphatic hydroxyl groups excluding tert-OH is 1. The van der Waals surface area contributed by atoms with Crippen molar-refractivity contribution in [2.24, 2.45) is 0 Å². The van der Waals surface area contributed by atoms with E-state index in [1.165, 1.54) is 11.3 Å². The van der Waals surface area contributed by atoms with Crippen LogP contribution in [0, 0.1) is 11.6 Å². The predicted octanol–water partition coefficient (Wildman–Crippen LogP) is 4.60. The summed E-state index contributed by atoms with van der Waals surface area (Å²) in [6.07, 6.45) is -1.88. The maximum Gasteiger partial charge on any atom is 0.254 e. The second-order valence-electron chi connectivity index (χ2n) is 8.71. The Morgan fingerprint density at radius 1 is 1.00 bits per heavy atom. The third-order valence-electron chi connectivity index (χ3n) is 5.80. The molecule has 7 nitrogen and oxygen atoms in total. The van der Waals surface area contributed by atoms with E-state index < -0.39 is 41.0 Å². The fourth-order valence-corrected chi connectivity index (χ4v) is 4.51. The zero-order valence-corrected chi connectivity index (χ0v) is 20.3. The normalized spacial score (nSPS) is 13.1. The molecule has 2 aromatic heterocycles. The molecule has 0 radical (unpaired) electrons. The molecule has 2 aromatic carbocycles. The first-order chi connectivity index (χ1) is 17.1. The van der Waals surface area contributed by atoms with E-state index >= 15 is 0 Å². The number of carbonyl (C=O) groups is 2. The maximum atomic E-state index is 13.5. The fourth-order valence-electron chi connectivity index (χ4n) is 3.74. The summed E-state index contributed by atoms with van der Waals surface area (Å²) < 4.78 is 27.1. The highest BCUT2D eigenvalue weighted by Crippen LogP contribution is 2.31. The molecule has 0 saturated heterocycles. The SMILES string of the molecule is CC(C)(c1ccccc1)c1cc(NC(=O)C(NC(=O)[C@@H](O)c2cc(F)cc(F)c2)c2cccs2)[nH]n1.